The van der Waals surface area contributed by atoms with Crippen molar-refractivity contribution in [3.05, 3.63) is 176 Å². The van der Waals surface area contributed by atoms with Gasteiger partial charge in [0.25, 0.3) is 0 Å². The molecule has 4 nitrogen and oxygen atoms in total. The molecule has 0 saturated carbocycles. The summed E-state index contributed by atoms with van der Waals surface area (Å²) in [5.41, 5.74) is 8.88. The van der Waals surface area contributed by atoms with Crippen LogP contribution >= 0.6 is 11.3 Å². The maximum atomic E-state index is 6.51. The van der Waals surface area contributed by atoms with Crippen molar-refractivity contribution >= 4 is 64.2 Å². The summed E-state index contributed by atoms with van der Waals surface area (Å²) in [6.45, 7) is 0. The number of fused-ring (bicyclic) bond motifs is 7. The fraction of sp³-hybridized carbons (Fsp3) is 0. The predicted molar refractivity (Wildman–Crippen MR) is 225 cm³/mol. The molecular weight excluding hydrogens is 679 g/mol. The number of rotatable bonds is 5. The number of hydrogen-bond donors (Lipinski definition) is 0. The van der Waals surface area contributed by atoms with Gasteiger partial charge >= 0.3 is 0 Å². The molecular formula is C49H29N3OS. The molecule has 0 saturated heterocycles. The summed E-state index contributed by atoms with van der Waals surface area (Å²) in [4.78, 5) is 15.7. The molecule has 0 aliphatic heterocycles. The van der Waals surface area contributed by atoms with E-state index in [9.17, 15) is 0 Å². The summed E-state index contributed by atoms with van der Waals surface area (Å²) in [5.74, 6) is 1.83. The second-order valence-corrected chi connectivity index (χ2v) is 14.7. The van der Waals surface area contributed by atoms with Gasteiger partial charge in [-0.2, -0.15) is 0 Å². The van der Waals surface area contributed by atoms with Crippen LogP contribution in [0.2, 0.25) is 0 Å². The third kappa shape index (κ3) is 5.09. The summed E-state index contributed by atoms with van der Waals surface area (Å²) in [5, 5.41) is 6.97. The van der Waals surface area contributed by atoms with Crippen molar-refractivity contribution in [3.63, 3.8) is 0 Å². The third-order valence-corrected chi connectivity index (χ3v) is 11.5. The lowest BCUT2D eigenvalue weighted by molar-refractivity contribution is 0.669. The Morgan fingerprint density at radius 1 is 0.352 bits per heavy atom. The number of furan rings is 1. The summed E-state index contributed by atoms with van der Waals surface area (Å²) in [6.07, 6.45) is 0. The molecule has 0 atom stereocenters. The topological polar surface area (TPSA) is 51.8 Å². The molecule has 8 aromatic carbocycles. The summed E-state index contributed by atoms with van der Waals surface area (Å²) in [6, 6.07) is 61.6. The van der Waals surface area contributed by atoms with Crippen LogP contribution in [0.15, 0.2) is 180 Å². The molecule has 0 aliphatic carbocycles. The minimum Gasteiger partial charge on any atom is -0.456 e. The molecule has 3 heterocycles. The number of aromatic nitrogens is 3. The van der Waals surface area contributed by atoms with E-state index in [0.29, 0.717) is 17.5 Å². The Morgan fingerprint density at radius 2 is 1.02 bits per heavy atom. The Kier molecular flexibility index (Phi) is 7.00. The average Bonchev–Trinajstić information content (AvgIpc) is 3.82. The third-order valence-electron chi connectivity index (χ3n) is 10.3. The van der Waals surface area contributed by atoms with Gasteiger partial charge in [0.15, 0.2) is 17.5 Å². The van der Waals surface area contributed by atoms with Gasteiger partial charge < -0.3 is 4.42 Å². The van der Waals surface area contributed by atoms with E-state index < -0.39 is 0 Å². The van der Waals surface area contributed by atoms with Crippen LogP contribution in [0.3, 0.4) is 0 Å². The van der Waals surface area contributed by atoms with Gasteiger partial charge in [0.1, 0.15) is 11.2 Å². The maximum Gasteiger partial charge on any atom is 0.164 e. The van der Waals surface area contributed by atoms with E-state index in [1.807, 2.05) is 18.2 Å². The van der Waals surface area contributed by atoms with E-state index in [-0.39, 0.29) is 0 Å². The fourth-order valence-electron chi connectivity index (χ4n) is 7.73. The molecule has 5 heteroatoms. The zero-order chi connectivity index (χ0) is 35.6. The van der Waals surface area contributed by atoms with Gasteiger partial charge in [0.2, 0.25) is 0 Å². The van der Waals surface area contributed by atoms with Crippen LogP contribution in [0.5, 0.6) is 0 Å². The van der Waals surface area contributed by atoms with Crippen LogP contribution in [-0.4, -0.2) is 15.0 Å². The summed E-state index contributed by atoms with van der Waals surface area (Å²) in [7, 11) is 0. The first kappa shape index (κ1) is 30.7. The van der Waals surface area contributed by atoms with Crippen LogP contribution in [0.4, 0.5) is 0 Å². The second kappa shape index (κ2) is 12.3. The van der Waals surface area contributed by atoms with E-state index in [4.69, 9.17) is 19.4 Å². The van der Waals surface area contributed by atoms with Crippen molar-refractivity contribution in [3.8, 4) is 56.4 Å². The highest BCUT2D eigenvalue weighted by Crippen LogP contribution is 2.42. The van der Waals surface area contributed by atoms with Crippen molar-refractivity contribution < 1.29 is 4.42 Å². The lowest BCUT2D eigenvalue weighted by Gasteiger charge is -2.12. The van der Waals surface area contributed by atoms with Crippen LogP contribution in [0.25, 0.3) is 109 Å². The van der Waals surface area contributed by atoms with E-state index >= 15 is 0 Å². The van der Waals surface area contributed by atoms with Gasteiger partial charge in [-0.25, -0.2) is 15.0 Å². The van der Waals surface area contributed by atoms with Crippen molar-refractivity contribution in [2.75, 3.05) is 0 Å². The highest BCUT2D eigenvalue weighted by molar-refractivity contribution is 7.25. The predicted octanol–water partition coefficient (Wildman–Crippen LogP) is 13.6. The Morgan fingerprint density at radius 3 is 1.89 bits per heavy atom. The normalized spacial score (nSPS) is 11.7. The number of nitrogens with zero attached hydrogens (tertiary/aromatic N) is 3. The first-order valence-electron chi connectivity index (χ1n) is 18.0. The highest BCUT2D eigenvalue weighted by atomic mass is 32.1. The summed E-state index contributed by atoms with van der Waals surface area (Å²) >= 11 is 1.79. The van der Waals surface area contributed by atoms with E-state index in [0.717, 1.165) is 60.7 Å². The second-order valence-electron chi connectivity index (χ2n) is 13.6. The number of hydrogen-bond acceptors (Lipinski definition) is 5. The number of benzene rings is 8. The Bertz CT molecular complexity index is 3220. The van der Waals surface area contributed by atoms with Crippen molar-refractivity contribution in [1.82, 2.24) is 15.0 Å². The molecule has 0 amide bonds. The molecule has 0 N–H and O–H groups in total. The molecule has 0 spiro atoms. The molecule has 11 rings (SSSR count). The molecule has 0 aliphatic rings. The number of thiophene rings is 1. The Hall–Kier alpha value is -6.95. The Labute approximate surface area is 314 Å². The van der Waals surface area contributed by atoms with Gasteiger partial charge in [-0.3, -0.25) is 0 Å². The molecule has 11 aromatic rings. The zero-order valence-electron chi connectivity index (χ0n) is 28.9. The van der Waals surface area contributed by atoms with Crippen LogP contribution in [0.1, 0.15) is 0 Å². The minimum atomic E-state index is 0.588. The molecule has 54 heavy (non-hydrogen) atoms. The van der Waals surface area contributed by atoms with Crippen LogP contribution < -0.4 is 0 Å². The largest absolute Gasteiger partial charge is 0.456 e. The molecule has 0 fully saturated rings. The van der Waals surface area contributed by atoms with Crippen molar-refractivity contribution in [1.29, 1.82) is 0 Å². The van der Waals surface area contributed by atoms with Gasteiger partial charge in [-0.05, 0) is 69.4 Å². The van der Waals surface area contributed by atoms with Crippen molar-refractivity contribution in [2.24, 2.45) is 0 Å². The monoisotopic (exact) mass is 707 g/mol. The van der Waals surface area contributed by atoms with Crippen LogP contribution in [-0.2, 0) is 0 Å². The van der Waals surface area contributed by atoms with Gasteiger partial charge in [-0.1, -0.05) is 140 Å². The molecule has 3 aromatic heterocycles. The molecule has 0 bridgehead atoms. The van der Waals surface area contributed by atoms with Gasteiger partial charge in [-0.15, -0.1) is 11.3 Å². The standard InChI is InChI=1S/C49H29N3OS/c1-2-12-32(13-3-1)40-28-36(29-42-45(40)37-15-6-8-18-41(37)53-42)48-50-47(33-24-21-31(22-25-33)35-26-23-30-11-4-5-14-34(30)27-35)51-49(52-48)39-17-10-20-44-46(39)38-16-7-9-19-43(38)54-44/h1-29H. The molecule has 0 radical (unpaired) electrons. The molecule has 0 unspecified atom stereocenters. The Balaban J connectivity index is 1.13. The molecule has 252 valence electrons. The van der Waals surface area contributed by atoms with Crippen molar-refractivity contribution in [2.45, 2.75) is 0 Å². The highest BCUT2D eigenvalue weighted by Gasteiger charge is 2.20. The maximum absolute atomic E-state index is 6.51. The smallest absolute Gasteiger partial charge is 0.164 e. The SMILES string of the molecule is c1ccc(-c2cc(-c3nc(-c4ccc(-c5ccc6ccccc6c5)cc4)nc(-c4cccc5sc6ccccc6c45)n3)cc3oc4ccccc4c23)cc1. The van der Waals surface area contributed by atoms with Crippen LogP contribution in [0, 0.1) is 0 Å². The van der Waals surface area contributed by atoms with E-state index in [2.05, 4.69) is 158 Å². The number of para-hydroxylation sites is 1. The quantitative estimate of drug-likeness (QED) is 0.179. The first-order valence-corrected chi connectivity index (χ1v) is 18.8. The van der Waals surface area contributed by atoms with Gasteiger partial charge in [0.05, 0.1) is 0 Å². The lowest BCUT2D eigenvalue weighted by atomic mass is 9.96. The lowest BCUT2D eigenvalue weighted by Crippen LogP contribution is -2.00. The summed E-state index contributed by atoms with van der Waals surface area (Å²) < 4.78 is 8.95. The first-order chi connectivity index (χ1) is 26.7. The minimum absolute atomic E-state index is 0.588. The van der Waals surface area contributed by atoms with E-state index in [1.165, 1.54) is 31.1 Å². The van der Waals surface area contributed by atoms with Gasteiger partial charge in [0, 0.05) is 47.6 Å². The average molecular weight is 708 g/mol. The zero-order valence-corrected chi connectivity index (χ0v) is 29.7. The van der Waals surface area contributed by atoms with E-state index in [1.54, 1.807) is 11.3 Å². The fourth-order valence-corrected chi connectivity index (χ4v) is 8.86.